The van der Waals surface area contributed by atoms with E-state index < -0.39 is 5.54 Å². The predicted molar refractivity (Wildman–Crippen MR) is 75.4 cm³/mol. The molecule has 2 N–H and O–H groups in total. The van der Waals surface area contributed by atoms with E-state index in [-0.39, 0.29) is 23.7 Å². The van der Waals surface area contributed by atoms with Gasteiger partial charge >= 0.3 is 0 Å². The van der Waals surface area contributed by atoms with Gasteiger partial charge in [-0.1, -0.05) is 6.07 Å². The first kappa shape index (κ1) is 13.1. The molecule has 2 aliphatic rings. The summed E-state index contributed by atoms with van der Waals surface area (Å²) in [5.74, 6) is -0.404. The van der Waals surface area contributed by atoms with Crippen molar-refractivity contribution in [3.63, 3.8) is 0 Å². The molecule has 0 spiro atoms. The number of nitrogens with one attached hydrogen (secondary N) is 2. The molecule has 2 saturated heterocycles. The molecule has 1 aromatic heterocycles. The number of hydrogen-bond donors (Lipinski definition) is 2. The van der Waals surface area contributed by atoms with E-state index in [9.17, 15) is 9.59 Å². The minimum absolute atomic E-state index is 0.0425. The van der Waals surface area contributed by atoms with Crippen molar-refractivity contribution < 1.29 is 9.59 Å². The Hall–Kier alpha value is -1.89. The van der Waals surface area contributed by atoms with Crippen molar-refractivity contribution in [3.05, 3.63) is 22.4 Å². The fourth-order valence-corrected chi connectivity index (χ4v) is 3.92. The Labute approximate surface area is 120 Å². The maximum atomic E-state index is 12.5. The largest absolute Gasteiger partial charge is 0.343 e. The highest BCUT2D eigenvalue weighted by atomic mass is 32.1. The third-order valence-corrected chi connectivity index (χ3v) is 5.20. The first-order valence-electron chi connectivity index (χ1n) is 6.39. The Morgan fingerprint density at radius 3 is 2.95 bits per heavy atom. The molecule has 7 heteroatoms. The Kier molecular flexibility index (Phi) is 2.82. The van der Waals surface area contributed by atoms with E-state index in [0.29, 0.717) is 13.1 Å². The zero-order valence-electron chi connectivity index (χ0n) is 11.3. The van der Waals surface area contributed by atoms with Gasteiger partial charge < -0.3 is 10.2 Å². The average molecular weight is 292 g/mol. The average Bonchev–Trinajstić information content (AvgIpc) is 3.03. The van der Waals surface area contributed by atoms with Crippen LogP contribution in [0.15, 0.2) is 17.5 Å². The summed E-state index contributed by atoms with van der Waals surface area (Å²) < 4.78 is 0. The van der Waals surface area contributed by atoms with Gasteiger partial charge in [0.05, 0.1) is 5.92 Å². The molecule has 2 atom stereocenters. The van der Waals surface area contributed by atoms with Gasteiger partial charge in [-0.2, -0.15) is 0 Å². The Bertz CT molecular complexity index is 585. The first-order valence-corrected chi connectivity index (χ1v) is 7.27. The molecule has 6 nitrogen and oxygen atoms in total. The van der Waals surface area contributed by atoms with Crippen LogP contribution in [0.5, 0.6) is 0 Å². The van der Waals surface area contributed by atoms with Gasteiger partial charge in [-0.3, -0.25) is 19.9 Å². The summed E-state index contributed by atoms with van der Waals surface area (Å²) in [5, 5.41) is 13.1. The Morgan fingerprint density at radius 1 is 1.60 bits per heavy atom. The van der Waals surface area contributed by atoms with E-state index in [1.165, 1.54) is 11.8 Å². The van der Waals surface area contributed by atoms with Gasteiger partial charge in [-0.05, 0) is 11.4 Å². The number of fused-ring (bicyclic) bond motifs is 1. The predicted octanol–water partition coefficient (Wildman–Crippen LogP) is 0.418. The molecule has 3 heterocycles. The van der Waals surface area contributed by atoms with Gasteiger partial charge in [0.15, 0.2) is 5.96 Å². The van der Waals surface area contributed by atoms with Crippen molar-refractivity contribution in [1.29, 1.82) is 5.41 Å². The third-order valence-electron chi connectivity index (χ3n) is 4.15. The van der Waals surface area contributed by atoms with Crippen LogP contribution in [0.25, 0.3) is 0 Å². The number of hydrogen-bond acceptors (Lipinski definition) is 4. The van der Waals surface area contributed by atoms with Crippen molar-refractivity contribution in [2.75, 3.05) is 20.1 Å². The van der Waals surface area contributed by atoms with Gasteiger partial charge in [0.2, 0.25) is 11.8 Å². The first-order chi connectivity index (χ1) is 9.45. The number of thiophene rings is 1. The second kappa shape index (κ2) is 4.31. The number of nitrogens with zero attached hydrogens (tertiary/aromatic N) is 2. The van der Waals surface area contributed by atoms with Gasteiger partial charge in [0.25, 0.3) is 0 Å². The molecule has 20 heavy (non-hydrogen) atoms. The van der Waals surface area contributed by atoms with Crippen LogP contribution in [-0.2, 0) is 15.1 Å². The minimum atomic E-state index is -0.652. The SMILES string of the molecule is CC(=O)N1CC2C(=O)N(C)C(=N)NC2(c2cccs2)C1. The topological polar surface area (TPSA) is 76.5 Å². The van der Waals surface area contributed by atoms with Crippen LogP contribution in [0.1, 0.15) is 11.8 Å². The molecule has 1 aromatic rings. The van der Waals surface area contributed by atoms with E-state index in [4.69, 9.17) is 5.41 Å². The van der Waals surface area contributed by atoms with Crippen LogP contribution >= 0.6 is 11.3 Å². The van der Waals surface area contributed by atoms with Crippen LogP contribution in [0, 0.1) is 11.3 Å². The maximum absolute atomic E-state index is 12.5. The highest BCUT2D eigenvalue weighted by Gasteiger charge is 2.57. The van der Waals surface area contributed by atoms with E-state index in [1.807, 2.05) is 17.5 Å². The lowest BCUT2D eigenvalue weighted by atomic mass is 9.83. The molecular weight excluding hydrogens is 276 g/mol. The minimum Gasteiger partial charge on any atom is -0.343 e. The molecule has 2 amide bonds. The molecular formula is C13H16N4O2S. The second-order valence-corrected chi connectivity index (χ2v) is 6.22. The summed E-state index contributed by atoms with van der Waals surface area (Å²) in [4.78, 5) is 28.2. The molecule has 0 saturated carbocycles. The summed E-state index contributed by atoms with van der Waals surface area (Å²) in [6.45, 7) is 2.34. The number of rotatable bonds is 1. The van der Waals surface area contributed by atoms with Crippen molar-refractivity contribution >= 4 is 29.1 Å². The van der Waals surface area contributed by atoms with E-state index in [1.54, 1.807) is 23.3 Å². The Balaban J connectivity index is 2.09. The number of amides is 2. The molecule has 2 fully saturated rings. The number of likely N-dealkylation sites (tertiary alicyclic amines) is 1. The van der Waals surface area contributed by atoms with Crippen molar-refractivity contribution in [2.45, 2.75) is 12.5 Å². The van der Waals surface area contributed by atoms with Crippen LogP contribution in [0.3, 0.4) is 0 Å². The Morgan fingerprint density at radius 2 is 2.35 bits per heavy atom. The van der Waals surface area contributed by atoms with Crippen molar-refractivity contribution in [1.82, 2.24) is 15.1 Å². The smallest absolute Gasteiger partial charge is 0.236 e. The zero-order valence-corrected chi connectivity index (χ0v) is 12.2. The number of carbonyl (C=O) groups excluding carboxylic acids is 2. The van der Waals surface area contributed by atoms with Gasteiger partial charge in [-0.15, -0.1) is 11.3 Å². The van der Waals surface area contributed by atoms with Crippen molar-refractivity contribution in [2.24, 2.45) is 5.92 Å². The molecule has 106 valence electrons. The fourth-order valence-electron chi connectivity index (χ4n) is 2.99. The summed E-state index contributed by atoms with van der Waals surface area (Å²) in [5.41, 5.74) is -0.652. The van der Waals surface area contributed by atoms with E-state index in [2.05, 4.69) is 5.32 Å². The standard InChI is InChI=1S/C13H16N4O2S/c1-8(18)17-6-9-11(19)16(2)12(14)15-13(9,7-17)10-4-3-5-20-10/h3-5,9H,6-7H2,1-2H3,(H2,14,15). The summed E-state index contributed by atoms with van der Waals surface area (Å²) >= 11 is 1.55. The lowest BCUT2D eigenvalue weighted by molar-refractivity contribution is -0.134. The molecule has 0 aliphatic carbocycles. The molecule has 0 aromatic carbocycles. The van der Waals surface area contributed by atoms with Gasteiger partial charge in [-0.25, -0.2) is 0 Å². The van der Waals surface area contributed by atoms with Gasteiger partial charge in [0, 0.05) is 31.9 Å². The number of guanidine groups is 1. The highest BCUT2D eigenvalue weighted by Crippen LogP contribution is 2.42. The number of carbonyl (C=O) groups is 2. The fraction of sp³-hybridized carbons (Fsp3) is 0.462. The maximum Gasteiger partial charge on any atom is 0.236 e. The molecule has 0 radical (unpaired) electrons. The zero-order chi connectivity index (χ0) is 14.5. The van der Waals surface area contributed by atoms with Crippen LogP contribution < -0.4 is 5.32 Å². The van der Waals surface area contributed by atoms with Crippen molar-refractivity contribution in [3.8, 4) is 0 Å². The molecule has 0 bridgehead atoms. The molecule has 2 unspecified atom stereocenters. The molecule has 3 rings (SSSR count). The van der Waals surface area contributed by atoms with Crippen LogP contribution in [0.2, 0.25) is 0 Å². The quantitative estimate of drug-likeness (QED) is 0.787. The second-order valence-electron chi connectivity index (χ2n) is 5.27. The van der Waals surface area contributed by atoms with E-state index >= 15 is 0 Å². The highest BCUT2D eigenvalue weighted by molar-refractivity contribution is 7.10. The molecule has 2 aliphatic heterocycles. The third kappa shape index (κ3) is 1.66. The summed E-state index contributed by atoms with van der Waals surface area (Å²) in [7, 11) is 1.59. The summed E-state index contributed by atoms with van der Waals surface area (Å²) in [6, 6.07) is 3.89. The lowest BCUT2D eigenvalue weighted by Crippen LogP contribution is -2.64. The van der Waals surface area contributed by atoms with Crippen LogP contribution in [0.4, 0.5) is 0 Å². The van der Waals surface area contributed by atoms with Crippen LogP contribution in [-0.4, -0.2) is 47.7 Å². The van der Waals surface area contributed by atoms with Gasteiger partial charge in [0.1, 0.15) is 5.54 Å². The lowest BCUT2D eigenvalue weighted by Gasteiger charge is -2.42. The normalized spacial score (nSPS) is 29.4. The van der Waals surface area contributed by atoms with E-state index in [0.717, 1.165) is 4.88 Å². The monoisotopic (exact) mass is 292 g/mol. The summed E-state index contributed by atoms with van der Waals surface area (Å²) in [6.07, 6.45) is 0.